The van der Waals surface area contributed by atoms with Gasteiger partial charge in [0, 0.05) is 54.3 Å². The van der Waals surface area contributed by atoms with E-state index in [-0.39, 0.29) is 35.1 Å². The SMILES string of the molecule is CN(CC1(N(C)C)CCC1)c1nc(OC[C@@]23CCCN2C[C@H](F)C3)nc2c(F)c(-c3cc(O)cc4cccc(Cl)c34)ncc12. The maximum Gasteiger partial charge on any atom is 0.319 e. The molecule has 2 atom stereocenters. The number of aromatic hydroxyl groups is 1. The van der Waals surface area contributed by atoms with Crippen LogP contribution >= 0.6 is 11.6 Å². The number of halogens is 3. The molecule has 0 amide bonds. The van der Waals surface area contributed by atoms with Crippen LogP contribution in [0.3, 0.4) is 0 Å². The van der Waals surface area contributed by atoms with Gasteiger partial charge in [-0.15, -0.1) is 0 Å². The normalized spacial score (nSPS) is 22.9. The summed E-state index contributed by atoms with van der Waals surface area (Å²) >= 11 is 6.57. The molecular weight excluding hydrogens is 586 g/mol. The molecule has 7 rings (SSSR count). The van der Waals surface area contributed by atoms with E-state index in [0.717, 1.165) is 38.6 Å². The minimum absolute atomic E-state index is 0.0144. The number of anilines is 1. The standard InChI is InChI=1S/C33H37ClF2N6O2/c1-40(2)32(9-5-10-32)18-41(3)30-24-16-37-28(23-14-22(43)13-20-7-4-8-25(34)26(20)23)27(36)29(24)38-31(39-30)44-19-33-11-6-12-42(33)17-21(35)15-33/h4,7-8,13-14,16,21,43H,5-6,9-12,15,17-19H2,1-3H3/t21-,33+/m1/s1. The Morgan fingerprint density at radius 3 is 2.70 bits per heavy atom. The fourth-order valence-corrected chi connectivity index (χ4v) is 7.90. The number of hydrogen-bond acceptors (Lipinski definition) is 8. The first-order valence-electron chi connectivity index (χ1n) is 15.3. The summed E-state index contributed by atoms with van der Waals surface area (Å²) in [5, 5.41) is 12.6. The van der Waals surface area contributed by atoms with Crippen LogP contribution in [0.25, 0.3) is 32.9 Å². The van der Waals surface area contributed by atoms with Crippen molar-refractivity contribution in [3.63, 3.8) is 0 Å². The van der Waals surface area contributed by atoms with E-state index in [1.165, 1.54) is 6.07 Å². The number of alkyl halides is 1. The van der Waals surface area contributed by atoms with Gasteiger partial charge >= 0.3 is 6.01 Å². The van der Waals surface area contributed by atoms with Gasteiger partial charge in [0.15, 0.2) is 5.82 Å². The summed E-state index contributed by atoms with van der Waals surface area (Å²) in [6.07, 6.45) is 6.19. The number of fused-ring (bicyclic) bond motifs is 3. The smallest absolute Gasteiger partial charge is 0.319 e. The molecule has 1 N–H and O–H groups in total. The van der Waals surface area contributed by atoms with Crippen LogP contribution in [0.2, 0.25) is 5.02 Å². The Balaban J connectivity index is 1.34. The number of ether oxygens (including phenoxy) is 1. The number of phenols is 1. The third-order valence-electron chi connectivity index (χ3n) is 10.2. The monoisotopic (exact) mass is 622 g/mol. The summed E-state index contributed by atoms with van der Waals surface area (Å²) in [6, 6.07) is 8.41. The summed E-state index contributed by atoms with van der Waals surface area (Å²) in [7, 11) is 6.13. The van der Waals surface area contributed by atoms with Gasteiger partial charge in [-0.25, -0.2) is 8.78 Å². The van der Waals surface area contributed by atoms with E-state index >= 15 is 4.39 Å². The van der Waals surface area contributed by atoms with Gasteiger partial charge in [0.2, 0.25) is 0 Å². The molecule has 0 unspecified atom stereocenters. The molecular formula is C33H37ClF2N6O2. The van der Waals surface area contributed by atoms with Gasteiger partial charge in [0.05, 0.1) is 10.9 Å². The molecule has 3 aliphatic rings. The molecule has 4 heterocycles. The molecule has 44 heavy (non-hydrogen) atoms. The van der Waals surface area contributed by atoms with Crippen molar-refractivity contribution >= 4 is 39.1 Å². The molecule has 0 radical (unpaired) electrons. The van der Waals surface area contributed by atoms with E-state index in [2.05, 4.69) is 33.9 Å². The second-order valence-electron chi connectivity index (χ2n) is 13.0. The molecule has 232 valence electrons. The Hall–Kier alpha value is -3.34. The summed E-state index contributed by atoms with van der Waals surface area (Å²) < 4.78 is 37.4. The fourth-order valence-electron chi connectivity index (χ4n) is 7.61. The van der Waals surface area contributed by atoms with Gasteiger partial charge in [-0.1, -0.05) is 23.7 Å². The first kappa shape index (κ1) is 29.4. The van der Waals surface area contributed by atoms with Crippen LogP contribution in [0.1, 0.15) is 38.5 Å². The topological polar surface area (TPSA) is 77.9 Å². The average molecular weight is 623 g/mol. The van der Waals surface area contributed by atoms with Crippen LogP contribution in [0.4, 0.5) is 14.6 Å². The van der Waals surface area contributed by atoms with E-state index in [0.29, 0.717) is 52.1 Å². The highest BCUT2D eigenvalue weighted by molar-refractivity contribution is 6.36. The van der Waals surface area contributed by atoms with Crippen molar-refractivity contribution in [3.8, 4) is 23.0 Å². The second kappa shape index (κ2) is 10.9. The molecule has 2 aromatic carbocycles. The van der Waals surface area contributed by atoms with Crippen LogP contribution in [0, 0.1) is 5.82 Å². The number of likely N-dealkylation sites (N-methyl/N-ethyl adjacent to an activating group) is 2. The Bertz CT molecular complexity index is 1750. The molecule has 8 nitrogen and oxygen atoms in total. The van der Waals surface area contributed by atoms with Gasteiger partial charge in [0.1, 0.15) is 35.6 Å². The largest absolute Gasteiger partial charge is 0.508 e. The predicted octanol–water partition coefficient (Wildman–Crippen LogP) is 6.22. The number of hydrogen-bond donors (Lipinski definition) is 1. The van der Waals surface area contributed by atoms with Crippen molar-refractivity contribution in [2.24, 2.45) is 0 Å². The zero-order valence-corrected chi connectivity index (χ0v) is 26.0. The van der Waals surface area contributed by atoms with Gasteiger partial charge in [-0.05, 0) is 76.3 Å². The molecule has 4 aromatic rings. The lowest BCUT2D eigenvalue weighted by atomic mass is 9.75. The van der Waals surface area contributed by atoms with Crippen LogP contribution in [0.15, 0.2) is 36.5 Å². The number of benzene rings is 2. The van der Waals surface area contributed by atoms with Crippen LogP contribution in [-0.4, -0.2) is 94.5 Å². The number of phenolic OH excluding ortho intramolecular Hbond substituents is 1. The first-order chi connectivity index (χ1) is 21.1. The summed E-state index contributed by atoms with van der Waals surface area (Å²) in [4.78, 5) is 20.4. The Kier molecular flexibility index (Phi) is 7.29. The maximum absolute atomic E-state index is 16.7. The van der Waals surface area contributed by atoms with Crippen molar-refractivity contribution in [1.29, 1.82) is 0 Å². The fraction of sp³-hybridized carbons (Fsp3) is 0.485. The third kappa shape index (κ3) is 4.82. The second-order valence-corrected chi connectivity index (χ2v) is 13.4. The highest BCUT2D eigenvalue weighted by atomic mass is 35.5. The molecule has 2 saturated heterocycles. The van der Waals surface area contributed by atoms with Gasteiger partial charge in [0.25, 0.3) is 0 Å². The van der Waals surface area contributed by atoms with Crippen LogP contribution < -0.4 is 9.64 Å². The Morgan fingerprint density at radius 1 is 1.14 bits per heavy atom. The number of aromatic nitrogens is 3. The quantitative estimate of drug-likeness (QED) is 0.248. The number of pyridine rings is 1. The van der Waals surface area contributed by atoms with E-state index in [9.17, 15) is 9.50 Å². The summed E-state index contributed by atoms with van der Waals surface area (Å²) in [5.74, 6) is -0.168. The van der Waals surface area contributed by atoms with Crippen molar-refractivity contribution in [1.82, 2.24) is 24.8 Å². The maximum atomic E-state index is 16.7. The lowest BCUT2D eigenvalue weighted by Gasteiger charge is -2.49. The van der Waals surface area contributed by atoms with E-state index in [1.54, 1.807) is 24.4 Å². The van der Waals surface area contributed by atoms with Gasteiger partial charge in [-0.2, -0.15) is 9.97 Å². The zero-order chi connectivity index (χ0) is 30.8. The van der Waals surface area contributed by atoms with Crippen molar-refractivity contribution < 1.29 is 18.6 Å². The summed E-state index contributed by atoms with van der Waals surface area (Å²) in [5.41, 5.74) is 0.0321. The Labute approximate surface area is 260 Å². The van der Waals surface area contributed by atoms with Gasteiger partial charge in [-0.3, -0.25) is 9.88 Å². The van der Waals surface area contributed by atoms with Crippen molar-refractivity contribution in [3.05, 3.63) is 47.4 Å². The minimum atomic E-state index is -0.891. The molecule has 0 spiro atoms. The lowest BCUT2D eigenvalue weighted by Crippen LogP contribution is -2.56. The molecule has 0 bridgehead atoms. The third-order valence-corrected chi connectivity index (χ3v) is 10.5. The van der Waals surface area contributed by atoms with E-state index < -0.39 is 17.5 Å². The molecule has 2 aromatic heterocycles. The van der Waals surface area contributed by atoms with E-state index in [1.807, 2.05) is 18.0 Å². The summed E-state index contributed by atoms with van der Waals surface area (Å²) in [6.45, 7) is 2.17. The predicted molar refractivity (Wildman–Crippen MR) is 169 cm³/mol. The number of rotatable bonds is 8. The van der Waals surface area contributed by atoms with E-state index in [4.69, 9.17) is 21.3 Å². The van der Waals surface area contributed by atoms with Crippen molar-refractivity contribution in [2.75, 3.05) is 52.3 Å². The Morgan fingerprint density at radius 2 is 1.95 bits per heavy atom. The van der Waals surface area contributed by atoms with Crippen molar-refractivity contribution in [2.45, 2.75) is 55.8 Å². The number of nitrogens with zero attached hydrogens (tertiary/aromatic N) is 6. The zero-order valence-electron chi connectivity index (χ0n) is 25.3. The van der Waals surface area contributed by atoms with Crippen LogP contribution in [0.5, 0.6) is 11.8 Å². The molecule has 2 aliphatic heterocycles. The lowest BCUT2D eigenvalue weighted by molar-refractivity contribution is 0.0681. The first-order valence-corrected chi connectivity index (χ1v) is 15.7. The van der Waals surface area contributed by atoms with Gasteiger partial charge < -0.3 is 19.6 Å². The average Bonchev–Trinajstić information content (AvgIpc) is 3.48. The molecule has 1 saturated carbocycles. The van der Waals surface area contributed by atoms with Crippen LogP contribution in [-0.2, 0) is 0 Å². The molecule has 1 aliphatic carbocycles. The molecule has 3 fully saturated rings. The highest BCUT2D eigenvalue weighted by Crippen LogP contribution is 2.43. The minimum Gasteiger partial charge on any atom is -0.508 e. The molecule has 11 heteroatoms. The highest BCUT2D eigenvalue weighted by Gasteiger charge is 2.49.